The Kier molecular flexibility index (Phi) is 4.31. The molecular weight excluding hydrogens is 282 g/mol. The van der Waals surface area contributed by atoms with Crippen molar-refractivity contribution in [1.82, 2.24) is 5.32 Å². The molecule has 3 aromatic rings. The van der Waals surface area contributed by atoms with Gasteiger partial charge in [0.25, 0.3) is 0 Å². The summed E-state index contributed by atoms with van der Waals surface area (Å²) >= 11 is 3.62. The fraction of sp³-hybridized carbons (Fsp3) is 0.176. The Balaban J connectivity index is 1.76. The number of benzene rings is 1. The van der Waals surface area contributed by atoms with E-state index in [1.807, 2.05) is 22.7 Å². The lowest BCUT2D eigenvalue weighted by atomic mass is 10.1. The molecule has 3 rings (SSSR count). The van der Waals surface area contributed by atoms with Crippen LogP contribution in [0.25, 0.3) is 0 Å². The number of rotatable bonds is 5. The highest BCUT2D eigenvalue weighted by molar-refractivity contribution is 7.11. The smallest absolute Gasteiger partial charge is 0.0767 e. The molecule has 0 bridgehead atoms. The van der Waals surface area contributed by atoms with Gasteiger partial charge >= 0.3 is 0 Å². The third-order valence-corrected chi connectivity index (χ3v) is 5.16. The molecule has 1 N–H and O–H groups in total. The van der Waals surface area contributed by atoms with Crippen LogP contribution in [0.3, 0.4) is 0 Å². The summed E-state index contributed by atoms with van der Waals surface area (Å²) < 4.78 is 0. The number of thiophene rings is 2. The van der Waals surface area contributed by atoms with Crippen LogP contribution < -0.4 is 5.32 Å². The maximum absolute atomic E-state index is 3.68. The second-order valence-corrected chi connectivity index (χ2v) is 6.79. The van der Waals surface area contributed by atoms with Gasteiger partial charge < -0.3 is 5.32 Å². The summed E-state index contributed by atoms with van der Waals surface area (Å²) in [6.07, 6.45) is 0. The number of nitrogens with one attached hydrogen (secondary N) is 1. The van der Waals surface area contributed by atoms with E-state index in [4.69, 9.17) is 0 Å². The summed E-state index contributed by atoms with van der Waals surface area (Å²) in [6.45, 7) is 3.01. The molecule has 2 heterocycles. The van der Waals surface area contributed by atoms with Crippen LogP contribution in [0.1, 0.15) is 26.9 Å². The van der Waals surface area contributed by atoms with Gasteiger partial charge in [-0.05, 0) is 35.4 Å². The second kappa shape index (κ2) is 6.35. The highest BCUT2D eigenvalue weighted by atomic mass is 32.1. The van der Waals surface area contributed by atoms with Crippen molar-refractivity contribution < 1.29 is 0 Å². The first-order valence-corrected chi connectivity index (χ1v) is 8.44. The molecule has 0 radical (unpaired) electrons. The Morgan fingerprint density at radius 2 is 1.50 bits per heavy atom. The first kappa shape index (κ1) is 13.6. The summed E-state index contributed by atoms with van der Waals surface area (Å²) in [7, 11) is 0. The van der Waals surface area contributed by atoms with Gasteiger partial charge in [0.1, 0.15) is 0 Å². The molecule has 0 spiro atoms. The van der Waals surface area contributed by atoms with Crippen LogP contribution in [-0.2, 0) is 6.54 Å². The second-order valence-electron chi connectivity index (χ2n) is 4.83. The molecule has 0 atom stereocenters. The van der Waals surface area contributed by atoms with Crippen molar-refractivity contribution in [2.45, 2.75) is 19.5 Å². The van der Waals surface area contributed by atoms with Gasteiger partial charge in [0.2, 0.25) is 0 Å². The van der Waals surface area contributed by atoms with Crippen molar-refractivity contribution in [3.05, 3.63) is 80.2 Å². The quantitative estimate of drug-likeness (QED) is 0.699. The molecule has 0 amide bonds. The lowest BCUT2D eigenvalue weighted by Gasteiger charge is -2.16. The van der Waals surface area contributed by atoms with Crippen molar-refractivity contribution in [3.8, 4) is 0 Å². The fourth-order valence-corrected chi connectivity index (χ4v) is 3.89. The van der Waals surface area contributed by atoms with Crippen LogP contribution in [0, 0.1) is 6.92 Å². The number of aryl methyl sites for hydroxylation is 1. The van der Waals surface area contributed by atoms with E-state index in [9.17, 15) is 0 Å². The Morgan fingerprint density at radius 3 is 2.00 bits per heavy atom. The summed E-state index contributed by atoms with van der Waals surface area (Å²) in [6, 6.07) is 17.7. The molecule has 0 saturated heterocycles. The molecule has 0 aliphatic heterocycles. The van der Waals surface area contributed by atoms with E-state index in [1.165, 1.54) is 20.9 Å². The number of hydrogen-bond acceptors (Lipinski definition) is 3. The van der Waals surface area contributed by atoms with Gasteiger partial charge in [0.05, 0.1) is 6.04 Å². The van der Waals surface area contributed by atoms with E-state index in [-0.39, 0.29) is 0 Å². The van der Waals surface area contributed by atoms with Gasteiger partial charge in [-0.3, -0.25) is 0 Å². The van der Waals surface area contributed by atoms with E-state index in [0.29, 0.717) is 6.04 Å². The first-order valence-electron chi connectivity index (χ1n) is 6.68. The minimum absolute atomic E-state index is 0.302. The van der Waals surface area contributed by atoms with Gasteiger partial charge in [-0.1, -0.05) is 42.0 Å². The van der Waals surface area contributed by atoms with Crippen LogP contribution in [0.2, 0.25) is 0 Å². The summed E-state index contributed by atoms with van der Waals surface area (Å²) in [5.41, 5.74) is 2.63. The summed E-state index contributed by atoms with van der Waals surface area (Å²) in [5, 5.41) is 7.97. The predicted octanol–water partition coefficient (Wildman–Crippen LogP) is 5.00. The standard InChI is InChI=1S/C17H17NS2/c1-13-6-8-14(9-7-13)12-18-17(15-4-2-10-19-15)16-5-3-11-20-16/h2-11,17-18H,12H2,1H3. The average Bonchev–Trinajstić information content (AvgIpc) is 3.14. The molecule has 0 aliphatic rings. The van der Waals surface area contributed by atoms with Crippen molar-refractivity contribution in [2.75, 3.05) is 0 Å². The van der Waals surface area contributed by atoms with E-state index in [1.54, 1.807) is 0 Å². The van der Waals surface area contributed by atoms with Crippen LogP contribution in [0.4, 0.5) is 0 Å². The Morgan fingerprint density at radius 1 is 0.900 bits per heavy atom. The van der Waals surface area contributed by atoms with Crippen LogP contribution in [0.15, 0.2) is 59.3 Å². The number of hydrogen-bond donors (Lipinski definition) is 1. The predicted molar refractivity (Wildman–Crippen MR) is 88.5 cm³/mol. The molecule has 1 aromatic carbocycles. The Labute approximate surface area is 127 Å². The minimum Gasteiger partial charge on any atom is -0.301 e. The topological polar surface area (TPSA) is 12.0 Å². The monoisotopic (exact) mass is 299 g/mol. The van der Waals surface area contributed by atoms with E-state index < -0.39 is 0 Å². The lowest BCUT2D eigenvalue weighted by Crippen LogP contribution is -2.20. The lowest BCUT2D eigenvalue weighted by molar-refractivity contribution is 0.621. The molecule has 20 heavy (non-hydrogen) atoms. The average molecular weight is 299 g/mol. The SMILES string of the molecule is Cc1ccc(CNC(c2cccs2)c2cccs2)cc1. The minimum atomic E-state index is 0.302. The first-order chi connectivity index (χ1) is 9.83. The van der Waals surface area contributed by atoms with Crippen LogP contribution >= 0.6 is 22.7 Å². The zero-order valence-corrected chi connectivity index (χ0v) is 13.0. The summed E-state index contributed by atoms with van der Waals surface area (Å²) in [5.74, 6) is 0. The fourth-order valence-electron chi connectivity index (χ4n) is 2.18. The van der Waals surface area contributed by atoms with Crippen molar-refractivity contribution in [1.29, 1.82) is 0 Å². The Bertz CT molecular complexity index is 590. The molecule has 2 aromatic heterocycles. The van der Waals surface area contributed by atoms with E-state index in [2.05, 4.69) is 71.5 Å². The molecule has 0 saturated carbocycles. The maximum atomic E-state index is 3.68. The third-order valence-electron chi connectivity index (χ3n) is 3.29. The van der Waals surface area contributed by atoms with Gasteiger partial charge in [0.15, 0.2) is 0 Å². The molecule has 3 heteroatoms. The van der Waals surface area contributed by atoms with Crippen LogP contribution in [0.5, 0.6) is 0 Å². The highest BCUT2D eigenvalue weighted by Crippen LogP contribution is 2.29. The van der Waals surface area contributed by atoms with E-state index in [0.717, 1.165) is 6.54 Å². The highest BCUT2D eigenvalue weighted by Gasteiger charge is 2.15. The normalized spacial score (nSPS) is 11.1. The zero-order chi connectivity index (χ0) is 13.8. The van der Waals surface area contributed by atoms with Crippen molar-refractivity contribution in [3.63, 3.8) is 0 Å². The van der Waals surface area contributed by atoms with E-state index >= 15 is 0 Å². The third kappa shape index (κ3) is 3.18. The van der Waals surface area contributed by atoms with Gasteiger partial charge in [-0.25, -0.2) is 0 Å². The van der Waals surface area contributed by atoms with Crippen LogP contribution in [-0.4, -0.2) is 0 Å². The van der Waals surface area contributed by atoms with Gasteiger partial charge in [-0.15, -0.1) is 22.7 Å². The largest absolute Gasteiger partial charge is 0.301 e. The van der Waals surface area contributed by atoms with Gasteiger partial charge in [0, 0.05) is 16.3 Å². The molecule has 0 unspecified atom stereocenters. The molecule has 0 fully saturated rings. The van der Waals surface area contributed by atoms with Gasteiger partial charge in [-0.2, -0.15) is 0 Å². The molecule has 102 valence electrons. The zero-order valence-electron chi connectivity index (χ0n) is 11.4. The summed E-state index contributed by atoms with van der Waals surface area (Å²) in [4.78, 5) is 2.75. The Hall–Kier alpha value is -1.42. The van der Waals surface area contributed by atoms with Crippen molar-refractivity contribution >= 4 is 22.7 Å². The van der Waals surface area contributed by atoms with Crippen molar-refractivity contribution in [2.24, 2.45) is 0 Å². The maximum Gasteiger partial charge on any atom is 0.0767 e. The molecule has 1 nitrogen and oxygen atoms in total. The molecular formula is C17H17NS2. The molecule has 0 aliphatic carbocycles.